The summed E-state index contributed by atoms with van der Waals surface area (Å²) in [6, 6.07) is 21.3. The van der Waals surface area contributed by atoms with Crippen LogP contribution in [0.15, 0.2) is 72.5 Å². The second kappa shape index (κ2) is 11.2. The summed E-state index contributed by atoms with van der Waals surface area (Å²) >= 11 is 0. The zero-order valence-electron chi connectivity index (χ0n) is 20.1. The Bertz CT molecular complexity index is 1140. The molecular formula is C30H33NO3. The Morgan fingerprint density at radius 3 is 2.15 bits per heavy atom. The summed E-state index contributed by atoms with van der Waals surface area (Å²) in [5, 5.41) is 12.8. The van der Waals surface area contributed by atoms with Crippen molar-refractivity contribution < 1.29 is 19.5 Å². The molecule has 4 rings (SSSR count). The summed E-state index contributed by atoms with van der Waals surface area (Å²) in [5.74, 6) is 0.519. The molecule has 0 radical (unpaired) electrons. The van der Waals surface area contributed by atoms with E-state index in [0.717, 1.165) is 55.5 Å². The molecule has 0 fully saturated rings. The second-order valence-electron chi connectivity index (χ2n) is 8.98. The second-order valence-corrected chi connectivity index (χ2v) is 8.98. The van der Waals surface area contributed by atoms with Gasteiger partial charge in [-0.25, -0.2) is 0 Å². The zero-order chi connectivity index (χ0) is 23.9. The predicted octanol–water partition coefficient (Wildman–Crippen LogP) is 5.03. The van der Waals surface area contributed by atoms with Gasteiger partial charge >= 0.3 is 0 Å². The minimum Gasteiger partial charge on any atom is -0.872 e. The first-order chi connectivity index (χ1) is 16.6. The number of hydrogen-bond acceptors (Lipinski definition) is 3. The van der Waals surface area contributed by atoms with Gasteiger partial charge in [0.05, 0.1) is 18.7 Å². The Labute approximate surface area is 202 Å². The van der Waals surface area contributed by atoms with Crippen LogP contribution in [0.4, 0.5) is 0 Å². The summed E-state index contributed by atoms with van der Waals surface area (Å²) in [7, 11) is 0. The molecule has 3 aromatic rings. The van der Waals surface area contributed by atoms with E-state index in [1.54, 1.807) is 12.1 Å². The van der Waals surface area contributed by atoms with Crippen molar-refractivity contribution in [1.29, 1.82) is 0 Å². The lowest BCUT2D eigenvalue weighted by molar-refractivity contribution is -0.914. The van der Waals surface area contributed by atoms with Crippen LogP contribution in [0.5, 0.6) is 11.5 Å². The van der Waals surface area contributed by atoms with Gasteiger partial charge in [-0.05, 0) is 41.7 Å². The minimum absolute atomic E-state index is 0.0505. The smallest absolute Gasteiger partial charge is 0.231 e. The van der Waals surface area contributed by atoms with Gasteiger partial charge in [-0.1, -0.05) is 93.1 Å². The Hall–Kier alpha value is -3.37. The van der Waals surface area contributed by atoms with Gasteiger partial charge in [0.25, 0.3) is 0 Å². The number of hydrogen-bond donors (Lipinski definition) is 1. The molecule has 0 aromatic heterocycles. The van der Waals surface area contributed by atoms with E-state index in [2.05, 4.69) is 26.0 Å². The van der Waals surface area contributed by atoms with Gasteiger partial charge in [-0.3, -0.25) is 4.79 Å². The third-order valence-electron chi connectivity index (χ3n) is 6.41. The van der Waals surface area contributed by atoms with Crippen molar-refractivity contribution in [2.45, 2.75) is 46.1 Å². The van der Waals surface area contributed by atoms with Crippen molar-refractivity contribution in [2.75, 3.05) is 13.1 Å². The molecule has 0 atom stereocenters. The normalized spacial score (nSPS) is 14.0. The van der Waals surface area contributed by atoms with E-state index in [-0.39, 0.29) is 17.3 Å². The minimum atomic E-state index is -0.160. The van der Waals surface area contributed by atoms with Gasteiger partial charge in [0.15, 0.2) is 5.76 Å². The summed E-state index contributed by atoms with van der Waals surface area (Å²) in [5.41, 5.74) is 4.26. The highest BCUT2D eigenvalue weighted by molar-refractivity contribution is 6.15. The number of allylic oxidation sites excluding steroid dienone is 1. The lowest BCUT2D eigenvalue weighted by atomic mass is 10.0. The molecule has 1 aliphatic heterocycles. The first-order valence-electron chi connectivity index (χ1n) is 12.4. The number of nitrogens with one attached hydrogen (secondary N) is 1. The number of rotatable bonds is 10. The highest BCUT2D eigenvalue weighted by Crippen LogP contribution is 2.38. The number of carbonyl (C=O) groups is 1. The topological polar surface area (TPSA) is 53.8 Å². The van der Waals surface area contributed by atoms with Crippen LogP contribution in [-0.2, 0) is 6.54 Å². The molecule has 0 aliphatic carbocycles. The number of benzene rings is 3. The average molecular weight is 456 g/mol. The van der Waals surface area contributed by atoms with Crippen molar-refractivity contribution in [3.63, 3.8) is 0 Å². The van der Waals surface area contributed by atoms with E-state index in [4.69, 9.17) is 4.74 Å². The zero-order valence-corrected chi connectivity index (χ0v) is 20.1. The summed E-state index contributed by atoms with van der Waals surface area (Å²) in [6.45, 7) is 6.99. The number of carbonyl (C=O) groups excluding carboxylic acids is 1. The van der Waals surface area contributed by atoms with Gasteiger partial charge in [-0.2, -0.15) is 0 Å². The van der Waals surface area contributed by atoms with Crippen molar-refractivity contribution >= 4 is 11.9 Å². The molecule has 0 saturated carbocycles. The lowest BCUT2D eigenvalue weighted by Crippen LogP contribution is -3.10. The van der Waals surface area contributed by atoms with Crippen molar-refractivity contribution in [3.05, 3.63) is 89.2 Å². The average Bonchev–Trinajstić information content (AvgIpc) is 3.18. The molecule has 0 amide bonds. The maximum absolute atomic E-state index is 13.1. The molecule has 0 bridgehead atoms. The largest absolute Gasteiger partial charge is 0.872 e. The van der Waals surface area contributed by atoms with Crippen LogP contribution < -0.4 is 14.7 Å². The van der Waals surface area contributed by atoms with Crippen LogP contribution in [0.2, 0.25) is 0 Å². The number of unbranched alkanes of at least 4 members (excludes halogenated alkanes) is 2. The van der Waals surface area contributed by atoms with Crippen molar-refractivity contribution in [1.82, 2.24) is 0 Å². The van der Waals surface area contributed by atoms with E-state index >= 15 is 0 Å². The van der Waals surface area contributed by atoms with Gasteiger partial charge in [0.1, 0.15) is 12.3 Å². The van der Waals surface area contributed by atoms with Crippen LogP contribution in [0.1, 0.15) is 61.0 Å². The number of fused-ring (bicyclic) bond motifs is 1. The molecule has 4 nitrogen and oxygen atoms in total. The Morgan fingerprint density at radius 1 is 0.853 bits per heavy atom. The molecule has 1 aliphatic rings. The third-order valence-corrected chi connectivity index (χ3v) is 6.41. The fourth-order valence-electron chi connectivity index (χ4n) is 4.42. The Kier molecular flexibility index (Phi) is 7.81. The van der Waals surface area contributed by atoms with E-state index in [1.165, 1.54) is 11.0 Å². The molecule has 1 N–H and O–H groups in total. The Morgan fingerprint density at radius 2 is 1.50 bits per heavy atom. The maximum Gasteiger partial charge on any atom is 0.231 e. The van der Waals surface area contributed by atoms with Crippen molar-refractivity contribution in [3.8, 4) is 22.6 Å². The fraction of sp³-hybridized carbons (Fsp3) is 0.300. The van der Waals surface area contributed by atoms with Gasteiger partial charge in [0.2, 0.25) is 5.78 Å². The fourth-order valence-corrected chi connectivity index (χ4v) is 4.42. The molecule has 3 aromatic carbocycles. The quantitative estimate of drug-likeness (QED) is 0.436. The monoisotopic (exact) mass is 455 g/mol. The Balaban J connectivity index is 1.57. The third kappa shape index (κ3) is 5.40. The summed E-state index contributed by atoms with van der Waals surface area (Å²) < 4.78 is 6.06. The lowest BCUT2D eigenvalue weighted by Gasteiger charge is -2.23. The highest BCUT2D eigenvalue weighted by atomic mass is 16.5. The molecule has 176 valence electrons. The van der Waals surface area contributed by atoms with E-state index in [9.17, 15) is 9.90 Å². The number of Topliss-reactive ketones (excluding diaryl/α,β-unsaturated/α-hetero) is 1. The summed E-state index contributed by atoms with van der Waals surface area (Å²) in [4.78, 5) is 14.5. The number of ether oxygens (including phenoxy) is 1. The van der Waals surface area contributed by atoms with Crippen LogP contribution in [0, 0.1) is 0 Å². The van der Waals surface area contributed by atoms with Crippen molar-refractivity contribution in [2.24, 2.45) is 0 Å². The molecule has 4 heteroatoms. The van der Waals surface area contributed by atoms with Gasteiger partial charge in [-0.15, -0.1) is 0 Å². The van der Waals surface area contributed by atoms with Gasteiger partial charge < -0.3 is 14.7 Å². The molecule has 0 saturated heterocycles. The molecular weight excluding hydrogens is 422 g/mol. The van der Waals surface area contributed by atoms with Crippen LogP contribution >= 0.6 is 0 Å². The van der Waals surface area contributed by atoms with E-state index in [0.29, 0.717) is 23.4 Å². The highest BCUT2D eigenvalue weighted by Gasteiger charge is 2.31. The van der Waals surface area contributed by atoms with Crippen LogP contribution in [0.3, 0.4) is 0 Å². The first-order valence-corrected chi connectivity index (χ1v) is 12.4. The molecule has 0 spiro atoms. The van der Waals surface area contributed by atoms with Crippen LogP contribution in [0.25, 0.3) is 17.2 Å². The number of ketones is 1. The van der Waals surface area contributed by atoms with E-state index < -0.39 is 0 Å². The van der Waals surface area contributed by atoms with E-state index in [1.807, 2.05) is 42.5 Å². The number of quaternary nitrogens is 1. The summed E-state index contributed by atoms with van der Waals surface area (Å²) in [6.07, 6.45) is 6.25. The maximum atomic E-state index is 13.1. The first kappa shape index (κ1) is 23.8. The molecule has 0 unspecified atom stereocenters. The molecule has 1 heterocycles. The molecule has 34 heavy (non-hydrogen) atoms. The van der Waals surface area contributed by atoms with Crippen LogP contribution in [-0.4, -0.2) is 18.9 Å². The SMILES string of the molecule is CCCC[NH+](CCCC)Cc1c([O-])ccc2c1O/C(=C\c1ccc(-c3ccccc3)cc1)C2=O. The predicted molar refractivity (Wildman–Crippen MR) is 135 cm³/mol. The standard InChI is InChI=1S/C30H33NO3/c1-3-5-18-31(19-6-4-2)21-26-27(32)17-16-25-29(33)28(34-30(25)26)20-22-12-14-24(15-13-22)23-10-8-7-9-11-23/h7-17,20,32H,3-6,18-19,21H2,1-2H3/b28-20-. The van der Waals surface area contributed by atoms with Gasteiger partial charge in [0, 0.05) is 5.56 Å².